The lowest BCUT2D eigenvalue weighted by Crippen LogP contribution is -2.72. The number of carbonyl (C=O) groups excluding carboxylic acids is 1. The fraction of sp³-hybridized carbons (Fsp3) is 0.982. The number of ether oxygens (including phenoxy) is 12. The van der Waals surface area contributed by atoms with E-state index in [1.807, 2.05) is 0 Å². The second kappa shape index (κ2) is 24.1. The molecule has 28 nitrogen and oxygen atoms in total. The molecule has 4 saturated carbocycles. The van der Waals surface area contributed by atoms with Gasteiger partial charge in [-0.25, -0.2) is 0 Å². The molecule has 11 aliphatic rings. The Balaban J connectivity index is 0.794. The van der Waals surface area contributed by atoms with E-state index in [1.165, 1.54) is 0 Å². The number of aliphatic hydroxyl groups excluding tert-OH is 14. The van der Waals surface area contributed by atoms with Crippen LogP contribution in [0.5, 0.6) is 0 Å². The maximum Gasteiger partial charge on any atom is 0.226 e. The molecule has 476 valence electrons. The smallest absolute Gasteiger partial charge is 0.226 e. The van der Waals surface area contributed by atoms with Gasteiger partial charge in [-0.3, -0.25) is 4.79 Å². The van der Waals surface area contributed by atoms with Gasteiger partial charge in [0.15, 0.2) is 37.2 Å². The van der Waals surface area contributed by atoms with Crippen molar-refractivity contribution < 1.29 is 138 Å². The molecule has 35 unspecified atom stereocenters. The van der Waals surface area contributed by atoms with Crippen molar-refractivity contribution in [1.82, 2.24) is 0 Å². The van der Waals surface area contributed by atoms with Gasteiger partial charge in [0.05, 0.1) is 51.8 Å². The summed E-state index contributed by atoms with van der Waals surface area (Å²) in [5.41, 5.74) is -0.750. The Kier molecular flexibility index (Phi) is 18.3. The lowest BCUT2D eigenvalue weighted by Gasteiger charge is -2.61. The Morgan fingerprint density at radius 1 is 0.578 bits per heavy atom. The van der Waals surface area contributed by atoms with Crippen molar-refractivity contribution in [3.63, 3.8) is 0 Å². The van der Waals surface area contributed by atoms with Crippen molar-refractivity contribution in [2.24, 2.45) is 52.3 Å². The van der Waals surface area contributed by atoms with E-state index < -0.39 is 191 Å². The number of Topliss-reactive ketones (excluding diaryl/α,β-unsaturated/α-hetero) is 1. The van der Waals surface area contributed by atoms with Crippen LogP contribution in [0.3, 0.4) is 0 Å². The first kappa shape index (κ1) is 63.2. The zero-order chi connectivity index (χ0) is 59.6. The summed E-state index contributed by atoms with van der Waals surface area (Å²) < 4.78 is 72.1. The molecule has 0 bridgehead atoms. The topological polar surface area (TPSA) is 431 Å². The summed E-state index contributed by atoms with van der Waals surface area (Å²) in [5.74, 6) is -2.24. The molecule has 35 atom stereocenters. The molecule has 0 aromatic carbocycles. The number of aliphatic hydroxyl groups is 15. The SMILES string of the molecule is CC1CCC2(OC1)OC1CC3C4CCC5CC(OC6OC(CO)C(O)(OC7OC(CO)C(O)C(OC8OC(CO)C(O)C(O)C8O)C7OC7OCC(O)C(OC8OCC(O)C(O)C8O)C7O)C(O)C6O)CCC5(C)C4CC(=O)C3(C)C1C2C. The highest BCUT2D eigenvalue weighted by molar-refractivity contribution is 5.87. The van der Waals surface area contributed by atoms with Crippen molar-refractivity contribution in [2.75, 3.05) is 39.6 Å². The van der Waals surface area contributed by atoms with Gasteiger partial charge in [0.2, 0.25) is 5.79 Å². The van der Waals surface area contributed by atoms with Gasteiger partial charge in [-0.1, -0.05) is 27.7 Å². The van der Waals surface area contributed by atoms with Crippen LogP contribution in [0.2, 0.25) is 0 Å². The van der Waals surface area contributed by atoms with Crippen molar-refractivity contribution in [3.05, 3.63) is 0 Å². The van der Waals surface area contributed by atoms with Crippen LogP contribution in [0.1, 0.15) is 85.5 Å². The Bertz CT molecular complexity index is 2230. The standard InChI is InChI=1S/C55H88O28/c1-20-7-10-54(74-17-20)21(2)34-29(82-54)12-26-24-6-5-22-11-23(8-9-52(22,3)25(24)13-32(61)53(26,34)4)75-50-42(69)46(70)55(71,33(16-58)78-50)83-51-45(44(37(64)31(15-57)77-51)80-49-40(67)38(65)36(63)30(14-56)76-49)81-48-41(68)43(28(60)19-73-48)79-47-39(66)35(62)27(59)18-72-47/h20-31,33-51,56-60,62-71H,5-19H2,1-4H3. The highest BCUT2D eigenvalue weighted by atomic mass is 16.8. The summed E-state index contributed by atoms with van der Waals surface area (Å²) in [6, 6.07) is 0. The lowest BCUT2D eigenvalue weighted by molar-refractivity contribution is -0.455. The Hall–Kier alpha value is -1.41. The Morgan fingerprint density at radius 3 is 1.90 bits per heavy atom. The Labute approximate surface area is 479 Å². The predicted octanol–water partition coefficient (Wildman–Crippen LogP) is -5.31. The van der Waals surface area contributed by atoms with E-state index in [1.54, 1.807) is 0 Å². The minimum Gasteiger partial charge on any atom is -0.394 e. The summed E-state index contributed by atoms with van der Waals surface area (Å²) in [5, 5.41) is 165. The van der Waals surface area contributed by atoms with E-state index in [0.29, 0.717) is 44.1 Å². The number of carbonyl (C=O) groups is 1. The molecular weight excluding hydrogens is 1110 g/mol. The molecule has 0 radical (unpaired) electrons. The fourth-order valence-corrected chi connectivity index (χ4v) is 16.8. The average Bonchev–Trinajstić information content (AvgIpc) is 2.23. The summed E-state index contributed by atoms with van der Waals surface area (Å²) in [6.07, 6.45) is -36.6. The third kappa shape index (κ3) is 10.7. The van der Waals surface area contributed by atoms with Crippen LogP contribution in [-0.2, 0) is 61.6 Å². The minimum absolute atomic E-state index is 0.0510. The van der Waals surface area contributed by atoms with E-state index in [4.69, 9.17) is 56.8 Å². The largest absolute Gasteiger partial charge is 0.394 e. The van der Waals surface area contributed by atoms with Gasteiger partial charge < -0.3 is 133 Å². The van der Waals surface area contributed by atoms with Crippen LogP contribution in [0.4, 0.5) is 0 Å². The monoisotopic (exact) mass is 1200 g/mol. The molecule has 7 aliphatic heterocycles. The van der Waals surface area contributed by atoms with Crippen molar-refractivity contribution in [2.45, 2.75) is 244 Å². The van der Waals surface area contributed by atoms with Crippen LogP contribution in [0.25, 0.3) is 0 Å². The summed E-state index contributed by atoms with van der Waals surface area (Å²) in [6.45, 7) is 5.22. The van der Waals surface area contributed by atoms with Crippen LogP contribution < -0.4 is 0 Å². The summed E-state index contributed by atoms with van der Waals surface area (Å²) in [4.78, 5) is 14.8. The number of ketones is 1. The molecule has 15 N–H and O–H groups in total. The van der Waals surface area contributed by atoms with E-state index in [2.05, 4.69) is 27.7 Å². The maximum absolute atomic E-state index is 14.8. The first-order valence-corrected chi connectivity index (χ1v) is 29.7. The molecule has 0 amide bonds. The van der Waals surface area contributed by atoms with Gasteiger partial charge in [0.1, 0.15) is 110 Å². The lowest BCUT2D eigenvalue weighted by atomic mass is 9.44. The van der Waals surface area contributed by atoms with Gasteiger partial charge in [-0.15, -0.1) is 0 Å². The quantitative estimate of drug-likeness (QED) is 0.0605. The first-order chi connectivity index (χ1) is 39.3. The molecule has 0 aromatic rings. The molecule has 7 heterocycles. The molecule has 11 fully saturated rings. The highest BCUT2D eigenvalue weighted by Gasteiger charge is 2.72. The van der Waals surface area contributed by atoms with Crippen LogP contribution in [-0.4, -0.2) is 281 Å². The molecule has 4 aliphatic carbocycles. The molecular formula is C55H88O28. The van der Waals surface area contributed by atoms with E-state index in [9.17, 15) is 81.4 Å². The first-order valence-electron chi connectivity index (χ1n) is 29.7. The zero-order valence-electron chi connectivity index (χ0n) is 47.0. The highest BCUT2D eigenvalue weighted by Crippen LogP contribution is 2.70. The van der Waals surface area contributed by atoms with E-state index in [0.717, 1.165) is 32.1 Å². The third-order valence-corrected chi connectivity index (χ3v) is 21.7. The average molecular weight is 1200 g/mol. The van der Waals surface area contributed by atoms with Crippen molar-refractivity contribution in [3.8, 4) is 0 Å². The predicted molar refractivity (Wildman–Crippen MR) is 270 cm³/mol. The van der Waals surface area contributed by atoms with Crippen LogP contribution in [0.15, 0.2) is 0 Å². The van der Waals surface area contributed by atoms with E-state index >= 15 is 0 Å². The van der Waals surface area contributed by atoms with Gasteiger partial charge >= 0.3 is 0 Å². The number of hydrogen-bond acceptors (Lipinski definition) is 28. The van der Waals surface area contributed by atoms with Crippen LogP contribution >= 0.6 is 0 Å². The summed E-state index contributed by atoms with van der Waals surface area (Å²) >= 11 is 0. The second-order valence-electron chi connectivity index (χ2n) is 26.3. The number of rotatable bonds is 13. The molecule has 28 heteroatoms. The second-order valence-corrected chi connectivity index (χ2v) is 26.3. The zero-order valence-corrected chi connectivity index (χ0v) is 47.0. The molecule has 0 aromatic heterocycles. The summed E-state index contributed by atoms with van der Waals surface area (Å²) in [7, 11) is 0. The van der Waals surface area contributed by atoms with E-state index in [-0.39, 0.29) is 46.9 Å². The number of fused-ring (bicyclic) bond motifs is 7. The third-order valence-electron chi connectivity index (χ3n) is 21.7. The molecule has 1 spiro atoms. The Morgan fingerprint density at radius 2 is 1.22 bits per heavy atom. The minimum atomic E-state index is -3.21. The van der Waals surface area contributed by atoms with Gasteiger partial charge in [0, 0.05) is 30.1 Å². The molecule has 11 rings (SSSR count). The molecule has 83 heavy (non-hydrogen) atoms. The van der Waals surface area contributed by atoms with Gasteiger partial charge in [-0.2, -0.15) is 0 Å². The van der Waals surface area contributed by atoms with Gasteiger partial charge in [0.25, 0.3) is 0 Å². The maximum atomic E-state index is 14.8. The molecule has 7 saturated heterocycles. The van der Waals surface area contributed by atoms with Gasteiger partial charge in [-0.05, 0) is 80.0 Å². The van der Waals surface area contributed by atoms with Crippen LogP contribution in [0, 0.1) is 52.3 Å². The normalized spacial score (nSPS) is 57.4. The van der Waals surface area contributed by atoms with Crippen molar-refractivity contribution in [1.29, 1.82) is 0 Å². The van der Waals surface area contributed by atoms with Crippen molar-refractivity contribution >= 4 is 5.78 Å². The number of hydrogen-bond donors (Lipinski definition) is 15. The fourth-order valence-electron chi connectivity index (χ4n) is 16.8.